The van der Waals surface area contributed by atoms with Crippen LogP contribution in [0.1, 0.15) is 19.8 Å². The van der Waals surface area contributed by atoms with Crippen molar-refractivity contribution in [3.8, 4) is 0 Å². The van der Waals surface area contributed by atoms with E-state index in [-0.39, 0.29) is 0 Å². The van der Waals surface area contributed by atoms with Crippen LogP contribution in [-0.2, 0) is 0 Å². The van der Waals surface area contributed by atoms with E-state index in [0.29, 0.717) is 0 Å². The molecule has 0 atom stereocenters. The van der Waals surface area contributed by atoms with E-state index in [1.807, 2.05) is 18.2 Å². The van der Waals surface area contributed by atoms with Crippen LogP contribution >= 0.6 is 0 Å². The average Bonchev–Trinajstić information content (AvgIpc) is 2.03. The Balaban J connectivity index is 3.99. The Hall–Kier alpha value is -1.04. The van der Waals surface area contributed by atoms with Gasteiger partial charge in [0.1, 0.15) is 0 Å². The van der Waals surface area contributed by atoms with Gasteiger partial charge in [-0.15, -0.1) is 0 Å². The van der Waals surface area contributed by atoms with Crippen LogP contribution in [0.15, 0.2) is 49.1 Å². The molecule has 0 aromatic heterocycles. The lowest BCUT2D eigenvalue weighted by Gasteiger charge is -1.94. The first-order valence-corrected chi connectivity index (χ1v) is 3.95. The molecule has 60 valence electrons. The monoisotopic (exact) mass is 148 g/mol. The minimum absolute atomic E-state index is 1.10. The highest BCUT2D eigenvalue weighted by Gasteiger charge is 1.85. The maximum absolute atomic E-state index is 3.73. The molecular formula is C11H16. The smallest absolute Gasteiger partial charge is 0.0282 e. The topological polar surface area (TPSA) is 0 Å². The fraction of sp³-hybridized carbons (Fsp3) is 0.273. The molecule has 0 N–H and O–H groups in total. The summed E-state index contributed by atoms with van der Waals surface area (Å²) >= 11 is 0. The molecular weight excluding hydrogens is 132 g/mol. The first kappa shape index (κ1) is 9.96. The van der Waals surface area contributed by atoms with Gasteiger partial charge in [0.25, 0.3) is 0 Å². The first-order valence-electron chi connectivity index (χ1n) is 3.95. The van der Waals surface area contributed by atoms with Gasteiger partial charge in [0.15, 0.2) is 0 Å². The molecule has 0 amide bonds. The number of allylic oxidation sites excluding steroid dienone is 6. The van der Waals surface area contributed by atoms with E-state index in [9.17, 15) is 0 Å². The second-order valence-corrected chi connectivity index (χ2v) is 2.32. The van der Waals surface area contributed by atoms with Crippen LogP contribution in [0.4, 0.5) is 0 Å². The standard InChI is InChI=1S/C11H16/c1-4-7-8-10-11(6-3)9-5-2/h4,6-8,10H,1,3,5,9H2,2H3/b8-7-,11-10+. The minimum atomic E-state index is 1.10. The molecule has 0 unspecified atom stereocenters. The lowest BCUT2D eigenvalue weighted by atomic mass is 10.1. The van der Waals surface area contributed by atoms with Gasteiger partial charge in [0.2, 0.25) is 0 Å². The van der Waals surface area contributed by atoms with Crippen molar-refractivity contribution in [3.05, 3.63) is 49.1 Å². The van der Waals surface area contributed by atoms with Crippen LogP contribution in [0.25, 0.3) is 0 Å². The summed E-state index contributed by atoms with van der Waals surface area (Å²) < 4.78 is 0. The zero-order valence-electron chi connectivity index (χ0n) is 7.22. The molecule has 0 aromatic carbocycles. The van der Waals surface area contributed by atoms with Crippen molar-refractivity contribution in [1.82, 2.24) is 0 Å². The molecule has 0 heterocycles. The molecule has 0 heteroatoms. The van der Waals surface area contributed by atoms with E-state index >= 15 is 0 Å². The molecule has 0 spiro atoms. The molecule has 0 aliphatic carbocycles. The molecule has 0 nitrogen and oxygen atoms in total. The highest BCUT2D eigenvalue weighted by atomic mass is 13.9. The fourth-order valence-electron chi connectivity index (χ4n) is 0.800. The zero-order chi connectivity index (χ0) is 8.53. The van der Waals surface area contributed by atoms with Gasteiger partial charge in [-0.1, -0.05) is 56.9 Å². The van der Waals surface area contributed by atoms with Crippen LogP contribution in [0.3, 0.4) is 0 Å². The van der Waals surface area contributed by atoms with Crippen molar-refractivity contribution < 1.29 is 0 Å². The van der Waals surface area contributed by atoms with Crippen LogP contribution < -0.4 is 0 Å². The van der Waals surface area contributed by atoms with Gasteiger partial charge in [0, 0.05) is 0 Å². The van der Waals surface area contributed by atoms with Crippen LogP contribution in [0, 0.1) is 0 Å². The quantitative estimate of drug-likeness (QED) is 0.522. The lowest BCUT2D eigenvalue weighted by Crippen LogP contribution is -1.74. The molecule has 0 bridgehead atoms. The Morgan fingerprint density at radius 2 is 2.00 bits per heavy atom. The van der Waals surface area contributed by atoms with Crippen molar-refractivity contribution in [2.24, 2.45) is 0 Å². The molecule has 0 aromatic rings. The molecule has 0 radical (unpaired) electrons. The van der Waals surface area contributed by atoms with Crippen molar-refractivity contribution in [3.63, 3.8) is 0 Å². The molecule has 0 saturated heterocycles. The van der Waals surface area contributed by atoms with Gasteiger partial charge >= 0.3 is 0 Å². The number of rotatable bonds is 5. The molecule has 0 aliphatic rings. The molecule has 11 heavy (non-hydrogen) atoms. The molecule has 0 aliphatic heterocycles. The van der Waals surface area contributed by atoms with Crippen molar-refractivity contribution in [2.75, 3.05) is 0 Å². The zero-order valence-corrected chi connectivity index (χ0v) is 7.22. The summed E-state index contributed by atoms with van der Waals surface area (Å²) in [6.07, 6.45) is 11.9. The fourth-order valence-corrected chi connectivity index (χ4v) is 0.800. The predicted octanol–water partition coefficient (Wildman–Crippen LogP) is 3.64. The van der Waals surface area contributed by atoms with Crippen LogP contribution in [0.2, 0.25) is 0 Å². The summed E-state index contributed by atoms with van der Waals surface area (Å²) in [4.78, 5) is 0. The number of hydrogen-bond acceptors (Lipinski definition) is 0. The highest BCUT2D eigenvalue weighted by molar-refractivity contribution is 5.23. The third-order valence-corrected chi connectivity index (χ3v) is 1.36. The van der Waals surface area contributed by atoms with Crippen molar-refractivity contribution in [2.45, 2.75) is 19.8 Å². The molecule has 0 rings (SSSR count). The summed E-state index contributed by atoms with van der Waals surface area (Å²) in [7, 11) is 0. The summed E-state index contributed by atoms with van der Waals surface area (Å²) in [5.41, 5.74) is 1.28. The normalized spacial score (nSPS) is 11.9. The summed E-state index contributed by atoms with van der Waals surface area (Å²) in [5, 5.41) is 0. The van der Waals surface area contributed by atoms with E-state index in [1.54, 1.807) is 6.08 Å². The van der Waals surface area contributed by atoms with Crippen LogP contribution in [0.5, 0.6) is 0 Å². The van der Waals surface area contributed by atoms with Gasteiger partial charge in [0.05, 0.1) is 0 Å². The number of hydrogen-bond donors (Lipinski definition) is 0. The van der Waals surface area contributed by atoms with Gasteiger partial charge in [-0.25, -0.2) is 0 Å². The minimum Gasteiger partial charge on any atom is -0.0991 e. The summed E-state index contributed by atoms with van der Waals surface area (Å²) in [6, 6.07) is 0. The maximum atomic E-state index is 3.73. The second-order valence-electron chi connectivity index (χ2n) is 2.32. The third kappa shape index (κ3) is 5.41. The predicted molar refractivity (Wildman–Crippen MR) is 52.5 cm³/mol. The van der Waals surface area contributed by atoms with Gasteiger partial charge in [-0.2, -0.15) is 0 Å². The van der Waals surface area contributed by atoms with E-state index in [1.165, 1.54) is 12.0 Å². The average molecular weight is 148 g/mol. The van der Waals surface area contributed by atoms with Crippen molar-refractivity contribution >= 4 is 0 Å². The SMILES string of the molecule is C=C/C=C\C=C(/C=C)CCC. The van der Waals surface area contributed by atoms with Gasteiger partial charge in [-0.3, -0.25) is 0 Å². The first-order chi connectivity index (χ1) is 5.35. The Kier molecular flexibility index (Phi) is 6.40. The van der Waals surface area contributed by atoms with E-state index in [4.69, 9.17) is 0 Å². The second kappa shape index (κ2) is 7.07. The van der Waals surface area contributed by atoms with E-state index in [0.717, 1.165) is 6.42 Å². The molecule has 0 saturated carbocycles. The highest BCUT2D eigenvalue weighted by Crippen LogP contribution is 2.05. The van der Waals surface area contributed by atoms with E-state index in [2.05, 4.69) is 26.2 Å². The third-order valence-electron chi connectivity index (χ3n) is 1.36. The van der Waals surface area contributed by atoms with Gasteiger partial charge < -0.3 is 0 Å². The van der Waals surface area contributed by atoms with E-state index < -0.39 is 0 Å². The van der Waals surface area contributed by atoms with Gasteiger partial charge in [-0.05, 0) is 12.0 Å². The van der Waals surface area contributed by atoms with Crippen molar-refractivity contribution in [1.29, 1.82) is 0 Å². The maximum Gasteiger partial charge on any atom is -0.0282 e. The molecule has 0 fully saturated rings. The Morgan fingerprint density at radius 1 is 1.27 bits per heavy atom. The Labute approximate surface area is 69.6 Å². The Bertz CT molecular complexity index is 170. The largest absolute Gasteiger partial charge is 0.0991 e. The Morgan fingerprint density at radius 3 is 2.45 bits per heavy atom. The van der Waals surface area contributed by atoms with Crippen LogP contribution in [-0.4, -0.2) is 0 Å². The summed E-state index contributed by atoms with van der Waals surface area (Å²) in [5.74, 6) is 0. The lowest BCUT2D eigenvalue weighted by molar-refractivity contribution is 0.927. The summed E-state index contributed by atoms with van der Waals surface area (Å²) in [6.45, 7) is 9.48.